The van der Waals surface area contributed by atoms with Crippen LogP contribution in [0.25, 0.3) is 0 Å². The molecule has 23 heavy (non-hydrogen) atoms. The summed E-state index contributed by atoms with van der Waals surface area (Å²) in [6.45, 7) is 11.0. The molecule has 0 saturated carbocycles. The third kappa shape index (κ3) is 5.20. The van der Waals surface area contributed by atoms with Crippen LogP contribution in [-0.4, -0.2) is 43.6 Å². The molecule has 1 heterocycles. The van der Waals surface area contributed by atoms with Crippen LogP contribution in [0.1, 0.15) is 36.5 Å². The monoisotopic (exact) mass is 321 g/mol. The molecule has 1 aromatic carbocycles. The van der Waals surface area contributed by atoms with Gasteiger partial charge in [-0.15, -0.1) is 0 Å². The summed E-state index contributed by atoms with van der Waals surface area (Å²) in [4.78, 5) is 0. The molecule has 1 fully saturated rings. The Hall–Kier alpha value is -1.10. The van der Waals surface area contributed by atoms with Crippen LogP contribution in [0.4, 0.5) is 0 Å². The molecular weight excluding hydrogens is 290 g/mol. The molecule has 1 aliphatic rings. The fraction of sp³-hybridized carbons (Fsp3) is 0.684. The first-order valence-corrected chi connectivity index (χ1v) is 8.67. The van der Waals surface area contributed by atoms with Crippen molar-refractivity contribution in [2.24, 2.45) is 5.92 Å². The highest BCUT2D eigenvalue weighted by Gasteiger charge is 2.21. The predicted octanol–water partition coefficient (Wildman–Crippen LogP) is 2.76. The lowest BCUT2D eigenvalue weighted by atomic mass is 9.93. The van der Waals surface area contributed by atoms with Gasteiger partial charge in [0.2, 0.25) is 0 Å². The average Bonchev–Trinajstić information content (AvgIpc) is 2.57. The topological polar surface area (TPSA) is 50.7 Å². The second-order valence-electron chi connectivity index (χ2n) is 6.77. The number of aliphatic hydroxyl groups is 1. The minimum atomic E-state index is -0.503. The van der Waals surface area contributed by atoms with E-state index in [1.54, 1.807) is 0 Å². The van der Waals surface area contributed by atoms with Gasteiger partial charge in [0.05, 0.1) is 0 Å². The third-order valence-corrected chi connectivity index (χ3v) is 4.94. The summed E-state index contributed by atoms with van der Waals surface area (Å²) in [6.07, 6.45) is 1.70. The van der Waals surface area contributed by atoms with Crippen LogP contribution < -0.4 is 10.1 Å². The molecular formula is C19H31NO3. The Labute approximate surface area is 140 Å². The molecule has 2 unspecified atom stereocenters. The lowest BCUT2D eigenvalue weighted by Gasteiger charge is -2.29. The van der Waals surface area contributed by atoms with Gasteiger partial charge in [0, 0.05) is 25.8 Å². The molecule has 1 aliphatic heterocycles. The van der Waals surface area contributed by atoms with Crippen LogP contribution in [0.5, 0.6) is 5.75 Å². The Kier molecular flexibility index (Phi) is 6.88. The van der Waals surface area contributed by atoms with Gasteiger partial charge >= 0.3 is 0 Å². The zero-order valence-corrected chi connectivity index (χ0v) is 14.9. The molecule has 2 rings (SSSR count). The molecule has 4 nitrogen and oxygen atoms in total. The van der Waals surface area contributed by atoms with Crippen LogP contribution in [0, 0.1) is 26.7 Å². The molecule has 0 amide bonds. The van der Waals surface area contributed by atoms with E-state index in [4.69, 9.17) is 9.47 Å². The highest BCUT2D eigenvalue weighted by Crippen LogP contribution is 2.25. The van der Waals surface area contributed by atoms with Crippen LogP contribution in [-0.2, 0) is 4.74 Å². The summed E-state index contributed by atoms with van der Waals surface area (Å²) in [5, 5.41) is 13.6. The van der Waals surface area contributed by atoms with Crippen molar-refractivity contribution >= 4 is 0 Å². The predicted molar refractivity (Wildman–Crippen MR) is 93.2 cm³/mol. The number of aryl methyl sites for hydroxylation is 2. The highest BCUT2D eigenvalue weighted by molar-refractivity contribution is 5.44. The van der Waals surface area contributed by atoms with Gasteiger partial charge in [-0.25, -0.2) is 0 Å². The van der Waals surface area contributed by atoms with Gasteiger partial charge in [0.25, 0.3) is 0 Å². The first kappa shape index (κ1) is 18.2. The summed E-state index contributed by atoms with van der Waals surface area (Å²) in [5.41, 5.74) is 3.48. The summed E-state index contributed by atoms with van der Waals surface area (Å²) < 4.78 is 11.3. The van der Waals surface area contributed by atoms with Crippen molar-refractivity contribution in [2.45, 2.75) is 52.7 Å². The summed E-state index contributed by atoms with van der Waals surface area (Å²) >= 11 is 0. The minimum Gasteiger partial charge on any atom is -0.490 e. The normalized spacial score (nSPS) is 18.7. The molecule has 4 heteroatoms. The molecule has 0 bridgehead atoms. The number of benzene rings is 1. The molecule has 0 spiro atoms. The van der Waals surface area contributed by atoms with E-state index in [0.717, 1.165) is 42.9 Å². The van der Waals surface area contributed by atoms with E-state index in [-0.39, 0.29) is 0 Å². The molecule has 0 aliphatic carbocycles. The maximum atomic E-state index is 10.2. The quantitative estimate of drug-likeness (QED) is 0.811. The molecule has 2 atom stereocenters. The lowest BCUT2D eigenvalue weighted by Crippen LogP contribution is -2.42. The molecule has 1 aromatic rings. The fourth-order valence-corrected chi connectivity index (χ4v) is 3.09. The lowest BCUT2D eigenvalue weighted by molar-refractivity contribution is 0.0512. The number of hydrogen-bond acceptors (Lipinski definition) is 4. The van der Waals surface area contributed by atoms with E-state index in [2.05, 4.69) is 38.2 Å². The van der Waals surface area contributed by atoms with Crippen molar-refractivity contribution in [1.82, 2.24) is 5.32 Å². The molecule has 2 N–H and O–H groups in total. The van der Waals surface area contributed by atoms with Gasteiger partial charge in [0.1, 0.15) is 18.5 Å². The van der Waals surface area contributed by atoms with Gasteiger partial charge < -0.3 is 19.9 Å². The Bertz CT molecular complexity index is 498. The summed E-state index contributed by atoms with van der Waals surface area (Å²) in [7, 11) is 0. The minimum absolute atomic E-state index is 0.318. The standard InChI is InChI=1S/C19H31NO3/c1-13-5-6-14(2)19(15(13)3)23-12-18(21)11-20-16(4)17-7-9-22-10-8-17/h5-6,16-18,20-21H,7-12H2,1-4H3. The van der Waals surface area contributed by atoms with Crippen molar-refractivity contribution in [2.75, 3.05) is 26.4 Å². The SMILES string of the molecule is Cc1ccc(C)c(OCC(O)CNC(C)C2CCOCC2)c1C. The summed E-state index contributed by atoms with van der Waals surface area (Å²) in [5.74, 6) is 1.54. The van der Waals surface area contributed by atoms with Gasteiger partial charge in [-0.2, -0.15) is 0 Å². The Morgan fingerprint density at radius 1 is 1.22 bits per heavy atom. The zero-order chi connectivity index (χ0) is 16.8. The Morgan fingerprint density at radius 3 is 2.57 bits per heavy atom. The second kappa shape index (κ2) is 8.67. The second-order valence-corrected chi connectivity index (χ2v) is 6.77. The summed E-state index contributed by atoms with van der Waals surface area (Å²) in [6, 6.07) is 4.57. The fourth-order valence-electron chi connectivity index (χ4n) is 3.09. The van der Waals surface area contributed by atoms with Crippen molar-refractivity contribution in [3.63, 3.8) is 0 Å². The first-order valence-electron chi connectivity index (χ1n) is 8.67. The van der Waals surface area contributed by atoms with E-state index in [1.165, 1.54) is 5.56 Å². The average molecular weight is 321 g/mol. The van der Waals surface area contributed by atoms with Crippen LogP contribution in [0.2, 0.25) is 0 Å². The largest absolute Gasteiger partial charge is 0.490 e. The van der Waals surface area contributed by atoms with E-state index >= 15 is 0 Å². The van der Waals surface area contributed by atoms with Crippen molar-refractivity contribution in [3.05, 3.63) is 28.8 Å². The number of rotatable bonds is 7. The smallest absolute Gasteiger partial charge is 0.125 e. The number of ether oxygens (including phenoxy) is 2. The molecule has 1 saturated heterocycles. The van der Waals surface area contributed by atoms with Crippen molar-refractivity contribution in [1.29, 1.82) is 0 Å². The Morgan fingerprint density at radius 2 is 1.87 bits per heavy atom. The maximum absolute atomic E-state index is 10.2. The molecule has 130 valence electrons. The number of nitrogens with one attached hydrogen (secondary N) is 1. The van der Waals surface area contributed by atoms with Gasteiger partial charge in [-0.1, -0.05) is 12.1 Å². The van der Waals surface area contributed by atoms with Crippen LogP contribution in [0.3, 0.4) is 0 Å². The molecule has 0 radical (unpaired) electrons. The van der Waals surface area contributed by atoms with Crippen LogP contribution >= 0.6 is 0 Å². The first-order chi connectivity index (χ1) is 11.0. The van der Waals surface area contributed by atoms with Crippen molar-refractivity contribution < 1.29 is 14.6 Å². The zero-order valence-electron chi connectivity index (χ0n) is 14.9. The molecule has 0 aromatic heterocycles. The van der Waals surface area contributed by atoms with E-state index in [9.17, 15) is 5.11 Å². The number of aliphatic hydroxyl groups excluding tert-OH is 1. The van der Waals surface area contributed by atoms with E-state index in [1.807, 2.05) is 6.92 Å². The number of hydrogen-bond donors (Lipinski definition) is 2. The van der Waals surface area contributed by atoms with E-state index in [0.29, 0.717) is 25.1 Å². The highest BCUT2D eigenvalue weighted by atomic mass is 16.5. The van der Waals surface area contributed by atoms with Gasteiger partial charge in [-0.3, -0.25) is 0 Å². The van der Waals surface area contributed by atoms with Crippen molar-refractivity contribution in [3.8, 4) is 5.75 Å². The van der Waals surface area contributed by atoms with Crippen LogP contribution in [0.15, 0.2) is 12.1 Å². The Balaban J connectivity index is 1.77. The third-order valence-electron chi connectivity index (χ3n) is 4.94. The van der Waals surface area contributed by atoms with E-state index < -0.39 is 6.10 Å². The maximum Gasteiger partial charge on any atom is 0.125 e. The van der Waals surface area contributed by atoms with Gasteiger partial charge in [-0.05, 0) is 63.1 Å². The van der Waals surface area contributed by atoms with Gasteiger partial charge in [0.15, 0.2) is 0 Å².